The largest absolute Gasteiger partial charge is 0.365 e. The Balaban J connectivity index is 3.09. The highest BCUT2D eigenvalue weighted by atomic mass is 32.2. The third-order valence-corrected chi connectivity index (χ3v) is 4.98. The van der Waals surface area contributed by atoms with Gasteiger partial charge in [-0.1, -0.05) is 6.92 Å². The summed E-state index contributed by atoms with van der Waals surface area (Å²) in [5, 5.41) is 10.9. The van der Waals surface area contributed by atoms with Crippen LogP contribution in [0.4, 0.5) is 15.8 Å². The van der Waals surface area contributed by atoms with E-state index in [9.17, 15) is 22.9 Å². The lowest BCUT2D eigenvalue weighted by Gasteiger charge is -2.26. The van der Waals surface area contributed by atoms with Gasteiger partial charge in [0.15, 0.2) is 9.84 Å². The fraction of sp³-hybridized carbons (Fsp3) is 0.500. The zero-order valence-corrected chi connectivity index (χ0v) is 12.4. The van der Waals surface area contributed by atoms with Crippen molar-refractivity contribution in [3.05, 3.63) is 34.1 Å². The first-order valence-electron chi connectivity index (χ1n) is 6.05. The van der Waals surface area contributed by atoms with Gasteiger partial charge in [-0.2, -0.15) is 0 Å². The quantitative estimate of drug-likeness (QED) is 0.593. The molecule has 112 valence electrons. The van der Waals surface area contributed by atoms with E-state index >= 15 is 0 Å². The summed E-state index contributed by atoms with van der Waals surface area (Å²) in [6.45, 7) is 3.20. The molecule has 0 bridgehead atoms. The summed E-state index contributed by atoms with van der Waals surface area (Å²) < 4.78 is 36.3. The standard InChI is InChI=1S/C12H17FN2O4S/c1-4-20(18,19)8-9(2)14(3)11-6-5-10(13)7-12(11)15(16)17/h5-7,9H,4,8H2,1-3H3. The molecule has 1 aromatic rings. The van der Waals surface area contributed by atoms with Gasteiger partial charge in [-0.15, -0.1) is 0 Å². The van der Waals surface area contributed by atoms with Crippen LogP contribution < -0.4 is 4.90 Å². The van der Waals surface area contributed by atoms with Gasteiger partial charge in [0.1, 0.15) is 11.5 Å². The molecule has 0 radical (unpaired) electrons. The van der Waals surface area contributed by atoms with E-state index in [2.05, 4.69) is 0 Å². The van der Waals surface area contributed by atoms with Crippen molar-refractivity contribution in [2.24, 2.45) is 0 Å². The molecule has 1 aromatic carbocycles. The number of hydrogen-bond donors (Lipinski definition) is 0. The molecular weight excluding hydrogens is 287 g/mol. The molecule has 20 heavy (non-hydrogen) atoms. The van der Waals surface area contributed by atoms with Crippen molar-refractivity contribution in [1.82, 2.24) is 0 Å². The molecule has 0 amide bonds. The van der Waals surface area contributed by atoms with Crippen LogP contribution in [0.25, 0.3) is 0 Å². The van der Waals surface area contributed by atoms with E-state index in [0.717, 1.165) is 12.1 Å². The number of hydrogen-bond acceptors (Lipinski definition) is 5. The lowest BCUT2D eigenvalue weighted by Crippen LogP contribution is -2.36. The Hall–Kier alpha value is -1.70. The summed E-state index contributed by atoms with van der Waals surface area (Å²) in [6, 6.07) is 2.76. The van der Waals surface area contributed by atoms with Gasteiger partial charge in [0.25, 0.3) is 5.69 Å². The molecule has 0 fully saturated rings. The normalized spacial score (nSPS) is 13.0. The highest BCUT2D eigenvalue weighted by Crippen LogP contribution is 2.29. The number of nitro groups is 1. The second-order valence-corrected chi connectivity index (χ2v) is 6.95. The maximum absolute atomic E-state index is 13.1. The summed E-state index contributed by atoms with van der Waals surface area (Å²) in [7, 11) is -1.65. The maximum atomic E-state index is 13.1. The Morgan fingerprint density at radius 2 is 2.05 bits per heavy atom. The van der Waals surface area contributed by atoms with Crippen molar-refractivity contribution < 1.29 is 17.7 Å². The first kappa shape index (κ1) is 16.4. The molecule has 8 heteroatoms. The molecule has 0 aliphatic carbocycles. The zero-order valence-electron chi connectivity index (χ0n) is 11.5. The van der Waals surface area contributed by atoms with E-state index in [1.807, 2.05) is 0 Å². The number of sulfone groups is 1. The summed E-state index contributed by atoms with van der Waals surface area (Å²) >= 11 is 0. The molecule has 0 aliphatic rings. The molecule has 0 spiro atoms. The molecule has 0 heterocycles. The number of benzene rings is 1. The molecule has 0 saturated carbocycles. The van der Waals surface area contributed by atoms with Gasteiger partial charge < -0.3 is 4.90 Å². The minimum atomic E-state index is -3.20. The summed E-state index contributed by atoms with van der Waals surface area (Å²) in [5.41, 5.74) is -0.191. The number of halogens is 1. The van der Waals surface area contributed by atoms with Crippen molar-refractivity contribution in [3.8, 4) is 0 Å². The van der Waals surface area contributed by atoms with Crippen LogP contribution >= 0.6 is 0 Å². The van der Waals surface area contributed by atoms with E-state index < -0.39 is 26.6 Å². The summed E-state index contributed by atoms with van der Waals surface area (Å²) in [4.78, 5) is 11.7. The SMILES string of the molecule is CCS(=O)(=O)CC(C)N(C)c1ccc(F)cc1[N+](=O)[O-]. The molecule has 0 aliphatic heterocycles. The third-order valence-electron chi connectivity index (χ3n) is 3.11. The zero-order chi connectivity index (χ0) is 15.5. The minimum Gasteiger partial charge on any atom is -0.365 e. The molecule has 1 unspecified atom stereocenters. The number of anilines is 1. The Labute approximate surface area is 117 Å². The molecule has 0 N–H and O–H groups in total. The first-order chi connectivity index (χ1) is 9.18. The van der Waals surface area contributed by atoms with Crippen LogP contribution in [0.5, 0.6) is 0 Å². The van der Waals surface area contributed by atoms with Crippen LogP contribution in [0.2, 0.25) is 0 Å². The monoisotopic (exact) mass is 304 g/mol. The van der Waals surface area contributed by atoms with E-state index in [0.29, 0.717) is 0 Å². The second-order valence-electron chi connectivity index (χ2n) is 4.55. The lowest BCUT2D eigenvalue weighted by atomic mass is 10.2. The molecular formula is C12H17FN2O4S. The van der Waals surface area contributed by atoms with Gasteiger partial charge in [0, 0.05) is 18.8 Å². The van der Waals surface area contributed by atoms with Crippen LogP contribution in [0.1, 0.15) is 13.8 Å². The molecule has 1 rings (SSSR count). The number of nitrogens with zero attached hydrogens (tertiary/aromatic N) is 2. The van der Waals surface area contributed by atoms with Crippen LogP contribution in [-0.2, 0) is 9.84 Å². The predicted molar refractivity (Wildman–Crippen MR) is 75.2 cm³/mol. The fourth-order valence-electron chi connectivity index (χ4n) is 1.78. The van der Waals surface area contributed by atoms with Crippen molar-refractivity contribution in [2.45, 2.75) is 19.9 Å². The average Bonchev–Trinajstić information content (AvgIpc) is 2.37. The fourth-order valence-corrected chi connectivity index (χ4v) is 2.97. The predicted octanol–water partition coefficient (Wildman–Crippen LogP) is 1.99. The van der Waals surface area contributed by atoms with Crippen molar-refractivity contribution in [2.75, 3.05) is 23.5 Å². The first-order valence-corrected chi connectivity index (χ1v) is 7.87. The van der Waals surface area contributed by atoms with Crippen molar-refractivity contribution >= 4 is 21.2 Å². The minimum absolute atomic E-state index is 0.0106. The Morgan fingerprint density at radius 1 is 1.45 bits per heavy atom. The van der Waals surface area contributed by atoms with Crippen LogP contribution in [0.3, 0.4) is 0 Å². The average molecular weight is 304 g/mol. The Morgan fingerprint density at radius 3 is 2.55 bits per heavy atom. The van der Waals surface area contributed by atoms with Gasteiger partial charge in [-0.3, -0.25) is 10.1 Å². The Bertz CT molecular complexity index is 603. The van der Waals surface area contributed by atoms with Gasteiger partial charge in [0.2, 0.25) is 0 Å². The molecule has 1 atom stereocenters. The summed E-state index contributed by atoms with van der Waals surface area (Å²) in [6.07, 6.45) is 0. The van der Waals surface area contributed by atoms with E-state index in [-0.39, 0.29) is 22.9 Å². The van der Waals surface area contributed by atoms with E-state index in [1.165, 1.54) is 11.0 Å². The lowest BCUT2D eigenvalue weighted by molar-refractivity contribution is -0.384. The van der Waals surface area contributed by atoms with Crippen molar-refractivity contribution in [3.63, 3.8) is 0 Å². The third kappa shape index (κ3) is 3.89. The molecule has 6 nitrogen and oxygen atoms in total. The van der Waals surface area contributed by atoms with Crippen LogP contribution in [0, 0.1) is 15.9 Å². The summed E-state index contributed by atoms with van der Waals surface area (Å²) in [5.74, 6) is -0.812. The smallest absolute Gasteiger partial charge is 0.295 e. The van der Waals surface area contributed by atoms with Gasteiger partial charge in [-0.05, 0) is 19.1 Å². The number of nitro benzene ring substituents is 1. The molecule has 0 aromatic heterocycles. The Kier molecular flexibility index (Phi) is 5.04. The van der Waals surface area contributed by atoms with E-state index in [4.69, 9.17) is 0 Å². The second kappa shape index (κ2) is 6.17. The van der Waals surface area contributed by atoms with Crippen LogP contribution in [0.15, 0.2) is 18.2 Å². The maximum Gasteiger partial charge on any atom is 0.295 e. The topological polar surface area (TPSA) is 80.5 Å². The van der Waals surface area contributed by atoms with Gasteiger partial charge >= 0.3 is 0 Å². The number of rotatable bonds is 6. The highest BCUT2D eigenvalue weighted by Gasteiger charge is 2.24. The van der Waals surface area contributed by atoms with Gasteiger partial charge in [0.05, 0.1) is 16.7 Å². The molecule has 0 saturated heterocycles. The van der Waals surface area contributed by atoms with Gasteiger partial charge in [-0.25, -0.2) is 12.8 Å². The van der Waals surface area contributed by atoms with Crippen LogP contribution in [-0.4, -0.2) is 37.9 Å². The highest BCUT2D eigenvalue weighted by molar-refractivity contribution is 7.91. The van der Waals surface area contributed by atoms with E-state index in [1.54, 1.807) is 20.9 Å². The van der Waals surface area contributed by atoms with Crippen molar-refractivity contribution in [1.29, 1.82) is 0 Å².